The van der Waals surface area contributed by atoms with Crippen molar-refractivity contribution in [1.82, 2.24) is 20.1 Å². The van der Waals surface area contributed by atoms with E-state index in [4.69, 9.17) is 21.1 Å². The Balaban J connectivity index is 1.36. The van der Waals surface area contributed by atoms with Crippen LogP contribution in [0.2, 0.25) is 5.02 Å². The molecule has 3 aromatic carbocycles. The molecule has 8 heteroatoms. The van der Waals surface area contributed by atoms with Crippen LogP contribution in [0, 0.1) is 0 Å². The molecule has 1 heterocycles. The summed E-state index contributed by atoms with van der Waals surface area (Å²) in [6, 6.07) is 20.2. The van der Waals surface area contributed by atoms with Gasteiger partial charge in [-0.3, -0.25) is 4.79 Å². The highest BCUT2D eigenvalue weighted by Crippen LogP contribution is 2.29. The number of methoxy groups -OCH3 is 1. The quantitative estimate of drug-likeness (QED) is 0.431. The van der Waals surface area contributed by atoms with Gasteiger partial charge in [0.15, 0.2) is 11.5 Å². The predicted molar refractivity (Wildman–Crippen MR) is 121 cm³/mol. The van der Waals surface area contributed by atoms with Crippen LogP contribution in [-0.2, 0) is 13.2 Å². The molecule has 0 aliphatic rings. The van der Waals surface area contributed by atoms with Crippen LogP contribution in [0.15, 0.2) is 79.4 Å². The highest BCUT2D eigenvalue weighted by molar-refractivity contribution is 6.30. The normalized spacial score (nSPS) is 10.6. The van der Waals surface area contributed by atoms with Gasteiger partial charge >= 0.3 is 0 Å². The second-order valence-electron chi connectivity index (χ2n) is 6.97. The van der Waals surface area contributed by atoms with Crippen LogP contribution in [-0.4, -0.2) is 27.8 Å². The fraction of sp³-hybridized carbons (Fsp3) is 0.125. The molecular weight excluding hydrogens is 428 g/mol. The highest BCUT2D eigenvalue weighted by Gasteiger charge is 2.12. The van der Waals surface area contributed by atoms with Crippen molar-refractivity contribution in [3.8, 4) is 17.2 Å². The topological polar surface area (TPSA) is 78.3 Å². The molecule has 7 nitrogen and oxygen atoms in total. The monoisotopic (exact) mass is 448 g/mol. The third-order valence-electron chi connectivity index (χ3n) is 4.81. The summed E-state index contributed by atoms with van der Waals surface area (Å²) in [6.45, 7) is 0.761. The smallest absolute Gasteiger partial charge is 0.251 e. The number of nitrogens with one attached hydrogen (secondary N) is 1. The Morgan fingerprint density at radius 3 is 2.44 bits per heavy atom. The van der Waals surface area contributed by atoms with Crippen LogP contribution in [0.3, 0.4) is 0 Å². The molecule has 162 valence electrons. The highest BCUT2D eigenvalue weighted by atomic mass is 35.5. The van der Waals surface area contributed by atoms with Crippen molar-refractivity contribution in [3.63, 3.8) is 0 Å². The molecule has 0 aliphatic heterocycles. The zero-order valence-electron chi connectivity index (χ0n) is 17.4. The number of rotatable bonds is 8. The maximum atomic E-state index is 12.6. The molecular formula is C24H21ClN4O3. The van der Waals surface area contributed by atoms with E-state index >= 15 is 0 Å². The molecule has 0 spiro atoms. The van der Waals surface area contributed by atoms with Crippen molar-refractivity contribution in [2.24, 2.45) is 0 Å². The number of carbonyl (C=O) groups is 1. The average Bonchev–Trinajstić information content (AvgIpc) is 3.37. The fourth-order valence-corrected chi connectivity index (χ4v) is 3.19. The largest absolute Gasteiger partial charge is 0.493 e. The molecule has 1 amide bonds. The van der Waals surface area contributed by atoms with Crippen molar-refractivity contribution >= 4 is 17.5 Å². The molecule has 0 saturated heterocycles. The number of hydrogen-bond acceptors (Lipinski definition) is 5. The Labute approximate surface area is 190 Å². The number of ether oxygens (including phenoxy) is 2. The first-order chi connectivity index (χ1) is 15.6. The predicted octanol–water partition coefficient (Wildman–Crippen LogP) is 4.44. The van der Waals surface area contributed by atoms with E-state index in [1.54, 1.807) is 36.3 Å². The summed E-state index contributed by atoms with van der Waals surface area (Å²) in [5.74, 6) is 0.847. The SMILES string of the molecule is COc1cc(C(=O)NCc2ccc(-n3cncn3)cc2)ccc1OCc1ccc(Cl)cc1. The molecule has 4 rings (SSSR count). The van der Waals surface area contributed by atoms with Gasteiger partial charge in [-0.2, -0.15) is 5.10 Å². The van der Waals surface area contributed by atoms with Gasteiger partial charge in [-0.1, -0.05) is 35.9 Å². The summed E-state index contributed by atoms with van der Waals surface area (Å²) in [4.78, 5) is 16.6. The lowest BCUT2D eigenvalue weighted by molar-refractivity contribution is 0.0950. The molecule has 0 radical (unpaired) electrons. The molecule has 1 N–H and O–H groups in total. The van der Waals surface area contributed by atoms with E-state index in [-0.39, 0.29) is 5.91 Å². The second kappa shape index (κ2) is 9.98. The Hall–Kier alpha value is -3.84. The standard InChI is InChI=1S/C24H21ClN4O3/c1-31-23-12-19(6-11-22(23)32-14-18-2-7-20(25)8-3-18)24(30)27-13-17-4-9-21(10-5-17)29-16-26-15-28-29/h2-12,15-16H,13-14H2,1H3,(H,27,30). The zero-order valence-corrected chi connectivity index (χ0v) is 18.1. The fourth-order valence-electron chi connectivity index (χ4n) is 3.06. The number of hydrogen-bond donors (Lipinski definition) is 1. The van der Waals surface area contributed by atoms with Crippen LogP contribution >= 0.6 is 11.6 Å². The molecule has 0 saturated carbocycles. The van der Waals surface area contributed by atoms with Gasteiger partial charge in [-0.15, -0.1) is 0 Å². The zero-order chi connectivity index (χ0) is 22.3. The van der Waals surface area contributed by atoms with Crippen LogP contribution < -0.4 is 14.8 Å². The van der Waals surface area contributed by atoms with Crippen LogP contribution in [0.25, 0.3) is 5.69 Å². The van der Waals surface area contributed by atoms with Crippen LogP contribution in [0.5, 0.6) is 11.5 Å². The van der Waals surface area contributed by atoms with Gasteiger partial charge in [-0.25, -0.2) is 9.67 Å². The molecule has 0 atom stereocenters. The molecule has 0 unspecified atom stereocenters. The van der Waals surface area contributed by atoms with E-state index in [9.17, 15) is 4.79 Å². The molecule has 0 aliphatic carbocycles. The first-order valence-electron chi connectivity index (χ1n) is 9.90. The number of carbonyl (C=O) groups excluding carboxylic acids is 1. The van der Waals surface area contributed by atoms with E-state index in [0.717, 1.165) is 16.8 Å². The summed E-state index contributed by atoms with van der Waals surface area (Å²) in [5.41, 5.74) is 3.33. The minimum atomic E-state index is -0.201. The first-order valence-corrected chi connectivity index (χ1v) is 10.3. The van der Waals surface area contributed by atoms with Gasteiger partial charge in [-0.05, 0) is 53.6 Å². The lowest BCUT2D eigenvalue weighted by atomic mass is 10.1. The molecule has 32 heavy (non-hydrogen) atoms. The molecule has 1 aromatic heterocycles. The summed E-state index contributed by atoms with van der Waals surface area (Å²) in [7, 11) is 1.54. The number of aromatic nitrogens is 3. The van der Waals surface area contributed by atoms with Crippen LogP contribution in [0.4, 0.5) is 0 Å². The third-order valence-corrected chi connectivity index (χ3v) is 5.06. The van der Waals surface area contributed by atoms with E-state index in [0.29, 0.717) is 35.2 Å². The van der Waals surface area contributed by atoms with Gasteiger partial charge in [0.25, 0.3) is 5.91 Å². The molecule has 0 bridgehead atoms. The van der Waals surface area contributed by atoms with Crippen molar-refractivity contribution in [1.29, 1.82) is 0 Å². The number of amides is 1. The summed E-state index contributed by atoms with van der Waals surface area (Å²) >= 11 is 5.91. The van der Waals surface area contributed by atoms with Crippen molar-refractivity contribution in [3.05, 3.63) is 101 Å². The van der Waals surface area contributed by atoms with Gasteiger partial charge in [0.2, 0.25) is 0 Å². The summed E-state index contributed by atoms with van der Waals surface area (Å²) in [5, 5.41) is 7.69. The number of nitrogens with zero attached hydrogens (tertiary/aromatic N) is 3. The molecule has 0 fully saturated rings. The average molecular weight is 449 g/mol. The number of benzene rings is 3. The maximum Gasteiger partial charge on any atom is 0.251 e. The summed E-state index contributed by atoms with van der Waals surface area (Å²) in [6.07, 6.45) is 3.11. The van der Waals surface area contributed by atoms with Gasteiger partial charge in [0, 0.05) is 17.1 Å². The van der Waals surface area contributed by atoms with Gasteiger partial charge in [0.1, 0.15) is 19.3 Å². The van der Waals surface area contributed by atoms with E-state index in [1.807, 2.05) is 48.5 Å². The lowest BCUT2D eigenvalue weighted by Crippen LogP contribution is -2.22. The Morgan fingerprint density at radius 2 is 1.75 bits per heavy atom. The number of halogens is 1. The van der Waals surface area contributed by atoms with E-state index in [2.05, 4.69) is 15.4 Å². The van der Waals surface area contributed by atoms with Gasteiger partial charge < -0.3 is 14.8 Å². The Bertz CT molecular complexity index is 1180. The lowest BCUT2D eigenvalue weighted by Gasteiger charge is -2.13. The first kappa shape index (κ1) is 21.4. The Kier molecular flexibility index (Phi) is 6.67. The van der Waals surface area contributed by atoms with Crippen molar-refractivity contribution < 1.29 is 14.3 Å². The van der Waals surface area contributed by atoms with Crippen molar-refractivity contribution in [2.45, 2.75) is 13.2 Å². The molecule has 4 aromatic rings. The second-order valence-corrected chi connectivity index (χ2v) is 7.41. The third kappa shape index (κ3) is 5.25. The minimum Gasteiger partial charge on any atom is -0.493 e. The summed E-state index contributed by atoms with van der Waals surface area (Å²) < 4.78 is 12.9. The maximum absolute atomic E-state index is 12.6. The van der Waals surface area contributed by atoms with Gasteiger partial charge in [0.05, 0.1) is 12.8 Å². The van der Waals surface area contributed by atoms with Crippen LogP contribution in [0.1, 0.15) is 21.5 Å². The van der Waals surface area contributed by atoms with E-state index in [1.165, 1.54) is 6.33 Å². The minimum absolute atomic E-state index is 0.201. The van der Waals surface area contributed by atoms with Crippen molar-refractivity contribution in [2.75, 3.05) is 7.11 Å². The van der Waals surface area contributed by atoms with E-state index < -0.39 is 0 Å². The Morgan fingerprint density at radius 1 is 1.00 bits per heavy atom.